The Bertz CT molecular complexity index is 936. The Hall–Kier alpha value is -2.45. The molecule has 0 saturated carbocycles. The number of nitrogens with zero attached hydrogens (tertiary/aromatic N) is 4. The normalized spacial score (nSPS) is 11.2. The molecule has 0 aliphatic carbocycles. The minimum absolute atomic E-state index is 0.289. The van der Waals surface area contributed by atoms with E-state index in [-0.39, 0.29) is 5.56 Å². The van der Waals surface area contributed by atoms with Crippen LogP contribution in [-0.2, 0) is 11.3 Å². The zero-order valence-corrected chi connectivity index (χ0v) is 14.8. The summed E-state index contributed by atoms with van der Waals surface area (Å²) in [5.41, 5.74) is 2.08. The number of nitrogens with one attached hydrogen (secondary N) is 2. The van der Waals surface area contributed by atoms with Gasteiger partial charge in [0.1, 0.15) is 0 Å². The molecule has 0 aliphatic rings. The van der Waals surface area contributed by atoms with Gasteiger partial charge in [-0.25, -0.2) is 4.68 Å². The number of hydrogen-bond donors (Lipinski definition) is 2. The van der Waals surface area contributed by atoms with E-state index in [9.17, 15) is 4.79 Å². The molecule has 0 atom stereocenters. The lowest BCUT2D eigenvalue weighted by atomic mass is 10.2. The van der Waals surface area contributed by atoms with E-state index in [1.54, 1.807) is 17.9 Å². The molecule has 3 rings (SSSR count). The average molecular weight is 363 g/mol. The fourth-order valence-corrected chi connectivity index (χ4v) is 2.61. The second-order valence-electron chi connectivity index (χ2n) is 5.69. The van der Waals surface area contributed by atoms with Gasteiger partial charge in [-0.1, -0.05) is 22.9 Å². The number of H-pyrrole nitrogens is 1. The van der Waals surface area contributed by atoms with Gasteiger partial charge in [0.15, 0.2) is 5.52 Å². The number of aromatic nitrogens is 5. The molecule has 2 heterocycles. The van der Waals surface area contributed by atoms with Crippen LogP contribution in [0.4, 0.5) is 11.6 Å². The van der Waals surface area contributed by atoms with Crippen LogP contribution in [0.5, 0.6) is 0 Å². The van der Waals surface area contributed by atoms with Crippen LogP contribution in [0.25, 0.3) is 11.2 Å². The van der Waals surface area contributed by atoms with E-state index in [0.29, 0.717) is 35.3 Å². The van der Waals surface area contributed by atoms with Crippen molar-refractivity contribution in [2.75, 3.05) is 19.0 Å². The van der Waals surface area contributed by atoms with Crippen LogP contribution in [0.15, 0.2) is 23.0 Å². The topological polar surface area (TPSA) is 97.7 Å². The quantitative estimate of drug-likeness (QED) is 0.627. The van der Waals surface area contributed by atoms with Crippen molar-refractivity contribution >= 4 is 34.4 Å². The number of hydrogen-bond acceptors (Lipinski definition) is 6. The average Bonchev–Trinajstić information content (AvgIpc) is 2.99. The van der Waals surface area contributed by atoms with Gasteiger partial charge in [0.05, 0.1) is 0 Å². The highest BCUT2D eigenvalue weighted by Crippen LogP contribution is 2.21. The van der Waals surface area contributed by atoms with Gasteiger partial charge in [0.25, 0.3) is 5.56 Å². The maximum Gasteiger partial charge on any atom is 0.280 e. The summed E-state index contributed by atoms with van der Waals surface area (Å²) >= 11 is 6.11. The zero-order valence-electron chi connectivity index (χ0n) is 14.0. The first-order valence-corrected chi connectivity index (χ1v) is 8.32. The van der Waals surface area contributed by atoms with Crippen molar-refractivity contribution in [1.82, 2.24) is 25.0 Å². The molecule has 0 fully saturated rings. The molecule has 0 unspecified atom stereocenters. The molecule has 3 aromatic rings. The largest absolute Gasteiger partial charge is 0.385 e. The number of unbranched alkanes of at least 4 members (excludes halogenated alkanes) is 1. The van der Waals surface area contributed by atoms with Gasteiger partial charge in [-0.3, -0.25) is 9.78 Å². The Kier molecular flexibility index (Phi) is 5.30. The highest BCUT2D eigenvalue weighted by molar-refractivity contribution is 6.31. The van der Waals surface area contributed by atoms with E-state index in [0.717, 1.165) is 24.1 Å². The Labute approximate surface area is 149 Å². The Morgan fingerprint density at radius 2 is 2.20 bits per heavy atom. The van der Waals surface area contributed by atoms with Gasteiger partial charge in [-0.15, -0.1) is 5.10 Å². The zero-order chi connectivity index (χ0) is 17.8. The minimum atomic E-state index is -0.289. The predicted octanol–water partition coefficient (Wildman–Crippen LogP) is 2.65. The summed E-state index contributed by atoms with van der Waals surface area (Å²) in [6.45, 7) is 3.18. The van der Waals surface area contributed by atoms with Crippen LogP contribution in [0.1, 0.15) is 18.4 Å². The number of aromatic amines is 1. The van der Waals surface area contributed by atoms with Crippen molar-refractivity contribution in [2.45, 2.75) is 26.3 Å². The molecule has 8 nitrogen and oxygen atoms in total. The van der Waals surface area contributed by atoms with Crippen molar-refractivity contribution < 1.29 is 4.74 Å². The van der Waals surface area contributed by atoms with Crippen LogP contribution < -0.4 is 10.9 Å². The molecule has 0 radical (unpaired) electrons. The molecule has 1 aromatic carbocycles. The van der Waals surface area contributed by atoms with E-state index in [2.05, 4.69) is 25.6 Å². The van der Waals surface area contributed by atoms with E-state index < -0.39 is 0 Å². The van der Waals surface area contributed by atoms with E-state index in [4.69, 9.17) is 16.3 Å². The molecule has 2 aromatic heterocycles. The van der Waals surface area contributed by atoms with Crippen molar-refractivity contribution in [1.29, 1.82) is 0 Å². The van der Waals surface area contributed by atoms with Gasteiger partial charge in [0, 0.05) is 31.0 Å². The number of benzene rings is 1. The smallest absolute Gasteiger partial charge is 0.280 e. The van der Waals surface area contributed by atoms with Crippen LogP contribution in [0.2, 0.25) is 5.02 Å². The molecule has 0 bridgehead atoms. The lowest BCUT2D eigenvalue weighted by Gasteiger charge is -2.07. The van der Waals surface area contributed by atoms with Gasteiger partial charge < -0.3 is 10.1 Å². The van der Waals surface area contributed by atoms with Gasteiger partial charge in [-0.2, -0.15) is 4.98 Å². The number of fused-ring (bicyclic) bond motifs is 1. The van der Waals surface area contributed by atoms with Crippen molar-refractivity contribution in [3.63, 3.8) is 0 Å². The lowest BCUT2D eigenvalue weighted by molar-refractivity contribution is 0.191. The molecular formula is C16H19ClN6O2. The van der Waals surface area contributed by atoms with Gasteiger partial charge in [-0.05, 0) is 37.5 Å². The number of halogens is 1. The number of methoxy groups -OCH3 is 1. The molecule has 132 valence electrons. The SMILES string of the molecule is COCCCCn1nnc2nc(Nc3ccc(C)c(Cl)c3)[nH]c(=O)c21. The summed E-state index contributed by atoms with van der Waals surface area (Å²) < 4.78 is 6.59. The van der Waals surface area contributed by atoms with Gasteiger partial charge >= 0.3 is 0 Å². The number of anilines is 2. The first kappa shape index (κ1) is 17.4. The molecular weight excluding hydrogens is 344 g/mol. The summed E-state index contributed by atoms with van der Waals surface area (Å²) in [6, 6.07) is 5.52. The fraction of sp³-hybridized carbons (Fsp3) is 0.375. The van der Waals surface area contributed by atoms with Crippen LogP contribution in [0, 0.1) is 6.92 Å². The highest BCUT2D eigenvalue weighted by Gasteiger charge is 2.12. The van der Waals surface area contributed by atoms with Crippen LogP contribution in [0.3, 0.4) is 0 Å². The summed E-state index contributed by atoms with van der Waals surface area (Å²) in [5.74, 6) is 0.295. The molecule has 0 aliphatic heterocycles. The monoisotopic (exact) mass is 362 g/mol. The summed E-state index contributed by atoms with van der Waals surface area (Å²) in [6.07, 6.45) is 1.73. The van der Waals surface area contributed by atoms with Crippen LogP contribution in [-0.4, -0.2) is 38.7 Å². The molecule has 25 heavy (non-hydrogen) atoms. The summed E-state index contributed by atoms with van der Waals surface area (Å²) in [7, 11) is 1.66. The van der Waals surface area contributed by atoms with E-state index in [1.807, 2.05) is 19.1 Å². The van der Waals surface area contributed by atoms with Gasteiger partial charge in [0.2, 0.25) is 11.6 Å². The second kappa shape index (κ2) is 7.62. The molecule has 0 saturated heterocycles. The van der Waals surface area contributed by atoms with Crippen molar-refractivity contribution in [2.24, 2.45) is 0 Å². The van der Waals surface area contributed by atoms with E-state index in [1.165, 1.54) is 0 Å². The first-order chi connectivity index (χ1) is 12.1. The van der Waals surface area contributed by atoms with Crippen LogP contribution >= 0.6 is 11.6 Å². The number of ether oxygens (including phenoxy) is 1. The Balaban J connectivity index is 1.82. The van der Waals surface area contributed by atoms with E-state index >= 15 is 0 Å². The maximum atomic E-state index is 12.4. The summed E-state index contributed by atoms with van der Waals surface area (Å²) in [5, 5.41) is 11.7. The van der Waals surface area contributed by atoms with Crippen molar-refractivity contribution in [3.05, 3.63) is 39.1 Å². The number of rotatable bonds is 7. The van der Waals surface area contributed by atoms with Crippen molar-refractivity contribution in [3.8, 4) is 0 Å². The molecule has 0 spiro atoms. The molecule has 0 amide bonds. The number of aryl methyl sites for hydroxylation is 2. The Morgan fingerprint density at radius 3 is 2.96 bits per heavy atom. The molecule has 9 heteroatoms. The third-order valence-corrected chi connectivity index (χ3v) is 4.19. The lowest BCUT2D eigenvalue weighted by Crippen LogP contribution is -2.15. The summed E-state index contributed by atoms with van der Waals surface area (Å²) in [4.78, 5) is 19.4. The fourth-order valence-electron chi connectivity index (χ4n) is 2.43. The first-order valence-electron chi connectivity index (χ1n) is 7.94. The molecule has 2 N–H and O–H groups in total. The Morgan fingerprint density at radius 1 is 1.36 bits per heavy atom. The highest BCUT2D eigenvalue weighted by atomic mass is 35.5. The third kappa shape index (κ3) is 3.97. The minimum Gasteiger partial charge on any atom is -0.385 e. The predicted molar refractivity (Wildman–Crippen MR) is 96.5 cm³/mol. The standard InChI is InChI=1S/C16H19ClN6O2/c1-10-5-6-11(9-12(10)17)18-16-19-14-13(15(24)20-16)23(22-21-14)7-3-4-8-25-2/h5-6,9H,3-4,7-8H2,1-2H3,(H2,18,19,20,24). The third-order valence-electron chi connectivity index (χ3n) is 3.78. The maximum absolute atomic E-state index is 12.4. The second-order valence-corrected chi connectivity index (χ2v) is 6.10.